The molecule has 2 atom stereocenters. The number of rotatable bonds is 9. The average molecular weight is 266 g/mol. The molecule has 0 bridgehead atoms. The second kappa shape index (κ2) is 8.88. The summed E-state index contributed by atoms with van der Waals surface area (Å²) in [6.45, 7) is 8.81. The number of nitrogens with one attached hydrogen (secondary N) is 1. The van der Waals surface area contributed by atoms with E-state index in [2.05, 4.69) is 37.1 Å². The third kappa shape index (κ3) is 5.57. The lowest BCUT2D eigenvalue weighted by molar-refractivity contribution is 0.195. The fourth-order valence-corrected chi connectivity index (χ4v) is 1.84. The zero-order valence-electron chi connectivity index (χ0n) is 12.5. The summed E-state index contributed by atoms with van der Waals surface area (Å²) in [7, 11) is 1.72. The topological polar surface area (TPSA) is 43.4 Å². The van der Waals surface area contributed by atoms with Crippen molar-refractivity contribution in [3.63, 3.8) is 0 Å². The van der Waals surface area contributed by atoms with Gasteiger partial charge in [0.05, 0.1) is 19.4 Å². The highest BCUT2D eigenvalue weighted by molar-refractivity contribution is 5.26. The Morgan fingerprint density at radius 2 is 2.05 bits per heavy atom. The molecule has 4 nitrogen and oxygen atoms in total. The van der Waals surface area contributed by atoms with E-state index in [1.54, 1.807) is 13.3 Å². The van der Waals surface area contributed by atoms with Crippen molar-refractivity contribution >= 4 is 0 Å². The number of hydrogen-bond donors (Lipinski definition) is 1. The first kappa shape index (κ1) is 15.9. The van der Waals surface area contributed by atoms with Crippen molar-refractivity contribution in [2.24, 2.45) is 0 Å². The number of nitrogens with zero attached hydrogens (tertiary/aromatic N) is 1. The molecule has 1 heterocycles. The Kier molecular flexibility index (Phi) is 7.45. The minimum Gasteiger partial charge on any atom is -0.492 e. The Morgan fingerprint density at radius 1 is 1.26 bits per heavy atom. The molecule has 0 spiro atoms. The number of hydrogen-bond acceptors (Lipinski definition) is 4. The molecule has 1 rings (SSSR count). The number of aromatic nitrogens is 1. The summed E-state index contributed by atoms with van der Waals surface area (Å²) in [6.07, 6.45) is 4.70. The van der Waals surface area contributed by atoms with Crippen LogP contribution in [0.1, 0.15) is 38.7 Å². The molecule has 0 saturated carbocycles. The molecule has 0 aliphatic rings. The van der Waals surface area contributed by atoms with Crippen molar-refractivity contribution in [1.29, 1.82) is 0 Å². The van der Waals surface area contributed by atoms with E-state index in [1.165, 1.54) is 5.56 Å². The van der Waals surface area contributed by atoms with Crippen molar-refractivity contribution in [3.05, 3.63) is 24.0 Å². The predicted octanol–water partition coefficient (Wildman–Crippen LogP) is 2.60. The normalized spacial score (nSPS) is 14.1. The predicted molar refractivity (Wildman–Crippen MR) is 77.8 cm³/mol. The van der Waals surface area contributed by atoms with Gasteiger partial charge in [0.25, 0.3) is 0 Å². The van der Waals surface area contributed by atoms with Gasteiger partial charge in [0, 0.05) is 25.9 Å². The van der Waals surface area contributed by atoms with Crippen molar-refractivity contribution in [3.8, 4) is 5.75 Å². The SMILES string of the molecule is CCCOc1cncc(C(C)C(C)NCCOC)c1. The lowest BCUT2D eigenvalue weighted by atomic mass is 9.96. The van der Waals surface area contributed by atoms with Gasteiger partial charge in [-0.05, 0) is 30.9 Å². The molecule has 0 aliphatic heterocycles. The lowest BCUT2D eigenvalue weighted by Gasteiger charge is -2.21. The molecule has 19 heavy (non-hydrogen) atoms. The minimum absolute atomic E-state index is 0.373. The first-order valence-corrected chi connectivity index (χ1v) is 6.99. The van der Waals surface area contributed by atoms with Crippen LogP contribution in [0, 0.1) is 0 Å². The monoisotopic (exact) mass is 266 g/mol. The van der Waals surface area contributed by atoms with E-state index < -0.39 is 0 Å². The summed E-state index contributed by atoms with van der Waals surface area (Å²) in [5.74, 6) is 1.24. The van der Waals surface area contributed by atoms with Crippen molar-refractivity contribution in [1.82, 2.24) is 10.3 Å². The minimum atomic E-state index is 0.373. The van der Waals surface area contributed by atoms with E-state index in [0.29, 0.717) is 12.0 Å². The van der Waals surface area contributed by atoms with Crippen LogP contribution in [0.3, 0.4) is 0 Å². The fourth-order valence-electron chi connectivity index (χ4n) is 1.84. The van der Waals surface area contributed by atoms with Crippen LogP contribution in [0.5, 0.6) is 5.75 Å². The molecule has 1 aromatic heterocycles. The summed E-state index contributed by atoms with van der Waals surface area (Å²) in [5, 5.41) is 3.45. The van der Waals surface area contributed by atoms with Crippen molar-refractivity contribution in [2.45, 2.75) is 39.2 Å². The number of pyridine rings is 1. The Bertz CT molecular complexity index is 358. The second-order valence-corrected chi connectivity index (χ2v) is 4.83. The molecule has 2 unspecified atom stereocenters. The summed E-state index contributed by atoms with van der Waals surface area (Å²) in [5.41, 5.74) is 1.20. The molecule has 108 valence electrons. The van der Waals surface area contributed by atoms with E-state index >= 15 is 0 Å². The standard InChI is InChI=1S/C15H26N2O2/c1-5-7-19-15-9-14(10-16-11-15)12(2)13(3)17-6-8-18-4/h9-13,17H,5-8H2,1-4H3. The van der Waals surface area contributed by atoms with Crippen LogP contribution in [0.4, 0.5) is 0 Å². The van der Waals surface area contributed by atoms with Gasteiger partial charge in [-0.15, -0.1) is 0 Å². The van der Waals surface area contributed by atoms with Crippen LogP contribution in [0.2, 0.25) is 0 Å². The lowest BCUT2D eigenvalue weighted by Crippen LogP contribution is -2.33. The van der Waals surface area contributed by atoms with Crippen LogP contribution in [0.25, 0.3) is 0 Å². The molecule has 0 aromatic carbocycles. The third-order valence-corrected chi connectivity index (χ3v) is 3.26. The summed E-state index contributed by atoms with van der Waals surface area (Å²) < 4.78 is 10.7. The van der Waals surface area contributed by atoms with Crippen LogP contribution in [-0.2, 0) is 4.74 Å². The van der Waals surface area contributed by atoms with Crippen LogP contribution in [-0.4, -0.2) is 37.9 Å². The van der Waals surface area contributed by atoms with Crippen molar-refractivity contribution < 1.29 is 9.47 Å². The van der Waals surface area contributed by atoms with E-state index in [0.717, 1.165) is 31.9 Å². The maximum absolute atomic E-state index is 5.62. The van der Waals surface area contributed by atoms with Gasteiger partial charge in [-0.3, -0.25) is 4.98 Å². The van der Waals surface area contributed by atoms with Crippen LogP contribution >= 0.6 is 0 Å². The zero-order chi connectivity index (χ0) is 14.1. The van der Waals surface area contributed by atoms with Crippen LogP contribution in [0.15, 0.2) is 18.5 Å². The van der Waals surface area contributed by atoms with Gasteiger partial charge in [-0.1, -0.05) is 13.8 Å². The van der Waals surface area contributed by atoms with Gasteiger partial charge in [0.15, 0.2) is 0 Å². The van der Waals surface area contributed by atoms with Crippen LogP contribution < -0.4 is 10.1 Å². The molecule has 0 saturated heterocycles. The maximum Gasteiger partial charge on any atom is 0.137 e. The fraction of sp³-hybridized carbons (Fsp3) is 0.667. The maximum atomic E-state index is 5.62. The molecule has 0 amide bonds. The molecule has 0 radical (unpaired) electrons. The zero-order valence-corrected chi connectivity index (χ0v) is 12.5. The number of methoxy groups -OCH3 is 1. The first-order valence-electron chi connectivity index (χ1n) is 6.99. The Balaban J connectivity index is 2.57. The Morgan fingerprint density at radius 3 is 2.74 bits per heavy atom. The highest BCUT2D eigenvalue weighted by atomic mass is 16.5. The van der Waals surface area contributed by atoms with Crippen molar-refractivity contribution in [2.75, 3.05) is 26.9 Å². The molecule has 0 aliphatic carbocycles. The average Bonchev–Trinajstić information content (AvgIpc) is 2.44. The van der Waals surface area contributed by atoms with Gasteiger partial charge in [0.2, 0.25) is 0 Å². The van der Waals surface area contributed by atoms with E-state index in [9.17, 15) is 0 Å². The molecule has 4 heteroatoms. The summed E-state index contributed by atoms with van der Waals surface area (Å²) in [6, 6.07) is 2.46. The molecule has 1 aromatic rings. The molecule has 0 fully saturated rings. The van der Waals surface area contributed by atoms with Gasteiger partial charge in [-0.25, -0.2) is 0 Å². The highest BCUT2D eigenvalue weighted by Crippen LogP contribution is 2.22. The summed E-state index contributed by atoms with van der Waals surface area (Å²) >= 11 is 0. The van der Waals surface area contributed by atoms with Gasteiger partial charge in [0.1, 0.15) is 5.75 Å². The third-order valence-electron chi connectivity index (χ3n) is 3.26. The largest absolute Gasteiger partial charge is 0.492 e. The molecular formula is C15H26N2O2. The van der Waals surface area contributed by atoms with E-state index in [-0.39, 0.29) is 0 Å². The van der Waals surface area contributed by atoms with Gasteiger partial charge in [-0.2, -0.15) is 0 Å². The highest BCUT2D eigenvalue weighted by Gasteiger charge is 2.14. The molecule has 1 N–H and O–H groups in total. The van der Waals surface area contributed by atoms with E-state index in [4.69, 9.17) is 9.47 Å². The smallest absolute Gasteiger partial charge is 0.137 e. The second-order valence-electron chi connectivity index (χ2n) is 4.83. The van der Waals surface area contributed by atoms with Gasteiger partial charge < -0.3 is 14.8 Å². The number of ether oxygens (including phenoxy) is 2. The Labute approximate surface area is 116 Å². The summed E-state index contributed by atoms with van der Waals surface area (Å²) in [4.78, 5) is 4.26. The molecular weight excluding hydrogens is 240 g/mol. The Hall–Kier alpha value is -1.13. The van der Waals surface area contributed by atoms with E-state index in [1.807, 2.05) is 6.20 Å². The quantitative estimate of drug-likeness (QED) is 0.698. The van der Waals surface area contributed by atoms with Gasteiger partial charge >= 0.3 is 0 Å². The first-order chi connectivity index (χ1) is 9.19.